The normalized spacial score (nSPS) is 11.1. The lowest BCUT2D eigenvalue weighted by molar-refractivity contribution is -0.139. The van der Waals surface area contributed by atoms with Gasteiger partial charge in [0.05, 0.1) is 0 Å². The van der Waals surface area contributed by atoms with Crippen molar-refractivity contribution in [2.24, 2.45) is 0 Å². The minimum atomic E-state index is -1.04. The van der Waals surface area contributed by atoms with E-state index in [1.807, 2.05) is 24.3 Å². The van der Waals surface area contributed by atoms with Crippen molar-refractivity contribution in [1.82, 2.24) is 0 Å². The molecule has 2 aromatic carbocycles. The highest BCUT2D eigenvalue weighted by molar-refractivity contribution is 6.09. The van der Waals surface area contributed by atoms with Gasteiger partial charge in [-0.15, -0.1) is 0 Å². The summed E-state index contributed by atoms with van der Waals surface area (Å²) in [5.74, 6) is -0.689. The first-order chi connectivity index (χ1) is 10.8. The van der Waals surface area contributed by atoms with E-state index in [0.717, 1.165) is 0 Å². The smallest absolute Gasteiger partial charge is 0.341 e. The van der Waals surface area contributed by atoms with Gasteiger partial charge in [-0.3, -0.25) is 4.79 Å². The molecule has 0 saturated heterocycles. The molecule has 0 aliphatic carbocycles. The summed E-state index contributed by atoms with van der Waals surface area (Å²) >= 11 is 0. The van der Waals surface area contributed by atoms with Crippen LogP contribution in [0.1, 0.15) is 42.3 Å². The molecule has 0 bridgehead atoms. The van der Waals surface area contributed by atoms with Crippen LogP contribution in [0, 0.1) is 0 Å². The summed E-state index contributed by atoms with van der Waals surface area (Å²) in [6.45, 7) is 5.97. The summed E-state index contributed by atoms with van der Waals surface area (Å²) in [5, 5.41) is 8.57. The monoisotopic (exact) mass is 312 g/mol. The molecule has 0 amide bonds. The van der Waals surface area contributed by atoms with Crippen LogP contribution >= 0.6 is 0 Å². The third kappa shape index (κ3) is 4.42. The average Bonchev–Trinajstić information content (AvgIpc) is 2.52. The molecular formula is C19H20O4. The topological polar surface area (TPSA) is 63.6 Å². The van der Waals surface area contributed by atoms with Crippen molar-refractivity contribution >= 4 is 11.8 Å². The molecule has 4 nitrogen and oxygen atoms in total. The quantitative estimate of drug-likeness (QED) is 0.855. The molecular weight excluding hydrogens is 292 g/mol. The number of hydrogen-bond acceptors (Lipinski definition) is 3. The number of benzene rings is 2. The fourth-order valence-electron chi connectivity index (χ4n) is 2.14. The van der Waals surface area contributed by atoms with E-state index in [2.05, 4.69) is 20.8 Å². The van der Waals surface area contributed by atoms with E-state index in [-0.39, 0.29) is 11.2 Å². The maximum Gasteiger partial charge on any atom is 0.341 e. The molecule has 0 atom stereocenters. The number of hydrogen-bond donors (Lipinski definition) is 1. The summed E-state index contributed by atoms with van der Waals surface area (Å²) < 4.78 is 5.05. The second kappa shape index (κ2) is 6.65. The van der Waals surface area contributed by atoms with Crippen LogP contribution in [-0.4, -0.2) is 23.5 Å². The van der Waals surface area contributed by atoms with Gasteiger partial charge in [0, 0.05) is 11.1 Å². The Morgan fingerprint density at radius 2 is 1.39 bits per heavy atom. The number of rotatable bonds is 5. The fraction of sp³-hybridized carbons (Fsp3) is 0.263. The second-order valence-electron chi connectivity index (χ2n) is 6.36. The summed E-state index contributed by atoms with van der Waals surface area (Å²) in [6.07, 6.45) is 0. The Kier molecular flexibility index (Phi) is 4.84. The molecule has 2 aromatic rings. The Bertz CT molecular complexity index is 692. The van der Waals surface area contributed by atoms with Crippen LogP contribution in [0.3, 0.4) is 0 Å². The molecule has 0 aliphatic heterocycles. The van der Waals surface area contributed by atoms with Gasteiger partial charge in [-0.1, -0.05) is 45.0 Å². The molecule has 0 heterocycles. The third-order valence-corrected chi connectivity index (χ3v) is 3.49. The van der Waals surface area contributed by atoms with Gasteiger partial charge >= 0.3 is 5.97 Å². The zero-order valence-corrected chi connectivity index (χ0v) is 13.5. The van der Waals surface area contributed by atoms with Crippen LogP contribution in [-0.2, 0) is 10.2 Å². The molecule has 0 spiro atoms. The van der Waals surface area contributed by atoms with Gasteiger partial charge in [-0.2, -0.15) is 0 Å². The van der Waals surface area contributed by atoms with E-state index >= 15 is 0 Å². The van der Waals surface area contributed by atoms with Crippen molar-refractivity contribution in [1.29, 1.82) is 0 Å². The van der Waals surface area contributed by atoms with Gasteiger partial charge in [-0.25, -0.2) is 4.79 Å². The van der Waals surface area contributed by atoms with Crippen LogP contribution in [0.15, 0.2) is 48.5 Å². The predicted octanol–water partition coefficient (Wildman–Crippen LogP) is 3.68. The van der Waals surface area contributed by atoms with Crippen molar-refractivity contribution < 1.29 is 19.4 Å². The first-order valence-corrected chi connectivity index (χ1v) is 7.37. The lowest BCUT2D eigenvalue weighted by Gasteiger charge is -2.19. The number of carbonyl (C=O) groups is 2. The van der Waals surface area contributed by atoms with E-state index in [4.69, 9.17) is 9.84 Å². The van der Waals surface area contributed by atoms with Crippen molar-refractivity contribution in [3.05, 3.63) is 65.2 Å². The van der Waals surface area contributed by atoms with E-state index in [9.17, 15) is 9.59 Å². The Hall–Kier alpha value is -2.62. The highest BCUT2D eigenvalue weighted by atomic mass is 16.5. The molecule has 2 rings (SSSR count). The molecule has 1 N–H and O–H groups in total. The number of ether oxygens (including phenoxy) is 1. The predicted molar refractivity (Wildman–Crippen MR) is 88.1 cm³/mol. The third-order valence-electron chi connectivity index (χ3n) is 3.49. The van der Waals surface area contributed by atoms with Crippen molar-refractivity contribution in [3.63, 3.8) is 0 Å². The zero-order chi connectivity index (χ0) is 17.0. The maximum absolute atomic E-state index is 12.4. The minimum Gasteiger partial charge on any atom is -0.482 e. The largest absolute Gasteiger partial charge is 0.482 e. The lowest BCUT2D eigenvalue weighted by atomic mass is 9.86. The molecule has 0 fully saturated rings. The summed E-state index contributed by atoms with van der Waals surface area (Å²) in [5.41, 5.74) is 2.38. The molecule has 0 radical (unpaired) electrons. The number of aliphatic carboxylic acids is 1. The van der Waals surface area contributed by atoms with E-state index in [1.54, 1.807) is 24.3 Å². The molecule has 4 heteroatoms. The summed E-state index contributed by atoms with van der Waals surface area (Å²) in [4.78, 5) is 22.9. The Labute approximate surface area is 135 Å². The number of ketones is 1. The molecule has 23 heavy (non-hydrogen) atoms. The highest BCUT2D eigenvalue weighted by Gasteiger charge is 2.15. The SMILES string of the molecule is CC(C)(C)c1ccc(C(=O)c2ccc(OCC(=O)O)cc2)cc1. The van der Waals surface area contributed by atoms with Gasteiger partial charge in [0.2, 0.25) is 0 Å². The Balaban J connectivity index is 2.12. The van der Waals surface area contributed by atoms with E-state index in [0.29, 0.717) is 16.9 Å². The van der Waals surface area contributed by atoms with Gasteiger partial charge in [0.15, 0.2) is 12.4 Å². The summed E-state index contributed by atoms with van der Waals surface area (Å²) in [7, 11) is 0. The van der Waals surface area contributed by atoms with Crippen molar-refractivity contribution in [2.75, 3.05) is 6.61 Å². The average molecular weight is 312 g/mol. The molecule has 0 unspecified atom stereocenters. The number of carboxylic acid groups (broad SMARTS) is 1. The minimum absolute atomic E-state index is 0.0463. The lowest BCUT2D eigenvalue weighted by Crippen LogP contribution is -2.11. The van der Waals surface area contributed by atoms with E-state index in [1.165, 1.54) is 5.56 Å². The van der Waals surface area contributed by atoms with Crippen molar-refractivity contribution in [3.8, 4) is 5.75 Å². The molecule has 0 aromatic heterocycles. The molecule has 0 aliphatic rings. The standard InChI is InChI=1S/C19H20O4/c1-19(2,3)15-8-4-13(5-9-15)18(22)14-6-10-16(11-7-14)23-12-17(20)21/h4-11H,12H2,1-3H3,(H,20,21). The Morgan fingerprint density at radius 1 is 0.913 bits per heavy atom. The fourth-order valence-corrected chi connectivity index (χ4v) is 2.14. The highest BCUT2D eigenvalue weighted by Crippen LogP contribution is 2.23. The Morgan fingerprint density at radius 3 is 1.83 bits per heavy atom. The van der Waals surface area contributed by atoms with Gasteiger partial charge in [0.25, 0.3) is 0 Å². The number of carboxylic acids is 1. The second-order valence-corrected chi connectivity index (χ2v) is 6.36. The summed E-state index contributed by atoms with van der Waals surface area (Å²) in [6, 6.07) is 14.1. The van der Waals surface area contributed by atoms with Gasteiger partial charge < -0.3 is 9.84 Å². The van der Waals surface area contributed by atoms with Gasteiger partial charge in [0.1, 0.15) is 5.75 Å². The van der Waals surface area contributed by atoms with Crippen LogP contribution < -0.4 is 4.74 Å². The molecule has 120 valence electrons. The zero-order valence-electron chi connectivity index (χ0n) is 13.5. The van der Waals surface area contributed by atoms with Crippen LogP contribution in [0.5, 0.6) is 5.75 Å². The van der Waals surface area contributed by atoms with E-state index < -0.39 is 12.6 Å². The first kappa shape index (κ1) is 16.7. The van der Waals surface area contributed by atoms with Crippen LogP contribution in [0.2, 0.25) is 0 Å². The van der Waals surface area contributed by atoms with Gasteiger partial charge in [-0.05, 0) is 35.2 Å². The van der Waals surface area contributed by atoms with Crippen LogP contribution in [0.25, 0.3) is 0 Å². The first-order valence-electron chi connectivity index (χ1n) is 7.37. The van der Waals surface area contributed by atoms with Crippen LogP contribution in [0.4, 0.5) is 0 Å². The maximum atomic E-state index is 12.4. The molecule has 0 saturated carbocycles. The number of carbonyl (C=O) groups excluding carboxylic acids is 1. The van der Waals surface area contributed by atoms with Crippen molar-refractivity contribution in [2.45, 2.75) is 26.2 Å².